The maximum absolute atomic E-state index is 12.9. The number of hydrogen-bond acceptors (Lipinski definition) is 7. The highest BCUT2D eigenvalue weighted by molar-refractivity contribution is 6.34. The van der Waals surface area contributed by atoms with Crippen LogP contribution in [0.3, 0.4) is 0 Å². The van der Waals surface area contributed by atoms with E-state index >= 15 is 0 Å². The van der Waals surface area contributed by atoms with E-state index in [-0.39, 0.29) is 22.5 Å². The van der Waals surface area contributed by atoms with Crippen molar-refractivity contribution in [3.05, 3.63) is 64.8 Å². The predicted molar refractivity (Wildman–Crippen MR) is 155 cm³/mol. The van der Waals surface area contributed by atoms with E-state index in [0.717, 1.165) is 42.7 Å². The maximum atomic E-state index is 12.9. The van der Waals surface area contributed by atoms with Crippen LogP contribution in [0.4, 0.5) is 22.2 Å². The number of carbonyl (C=O) groups is 2. The van der Waals surface area contributed by atoms with E-state index < -0.39 is 11.8 Å². The summed E-state index contributed by atoms with van der Waals surface area (Å²) in [5.41, 5.74) is 14.6. The second-order valence-electron chi connectivity index (χ2n) is 9.35. The molecule has 9 nitrogen and oxygen atoms in total. The Morgan fingerprint density at radius 1 is 1.03 bits per heavy atom. The van der Waals surface area contributed by atoms with Crippen LogP contribution in [0.25, 0.3) is 11.1 Å². The molecule has 0 spiro atoms. The predicted octanol–water partition coefficient (Wildman–Crippen LogP) is 4.93. The standard InChI is InChI=1S/C29H32ClN7O2/c30-26-25(24(38)10-3-1-4-15-37-16-5-2-6-17-37)27(36-28(31)35-26)33-19-20-11-13-21(14-12-20)22-8-7-9-23(18-22)34-29(32)39/h7-9,11-14,18H,1-2,4-6,15-17,19H2,(H3,32,34,39)(H3,31,33,35,36). The quantitative estimate of drug-likeness (QED) is 0.0982. The first-order valence-corrected chi connectivity index (χ1v) is 13.3. The van der Waals surface area contributed by atoms with Crippen molar-refractivity contribution < 1.29 is 9.59 Å². The number of likely N-dealkylation sites (tertiary alicyclic amines) is 1. The molecule has 202 valence electrons. The van der Waals surface area contributed by atoms with Gasteiger partial charge in [-0.1, -0.05) is 60.3 Å². The Morgan fingerprint density at radius 3 is 2.54 bits per heavy atom. The van der Waals surface area contributed by atoms with Gasteiger partial charge in [0.2, 0.25) is 11.7 Å². The lowest BCUT2D eigenvalue weighted by Crippen LogP contribution is -2.30. The fourth-order valence-corrected chi connectivity index (χ4v) is 4.74. The molecule has 39 heavy (non-hydrogen) atoms. The molecule has 0 atom stereocenters. The van der Waals surface area contributed by atoms with Crippen LogP contribution in [0, 0.1) is 11.8 Å². The number of amides is 2. The normalized spacial score (nSPS) is 13.3. The smallest absolute Gasteiger partial charge is 0.316 e. The van der Waals surface area contributed by atoms with Gasteiger partial charge in [-0.2, -0.15) is 4.98 Å². The molecule has 1 aromatic heterocycles. The summed E-state index contributed by atoms with van der Waals surface area (Å²) in [6, 6.07) is 14.6. The van der Waals surface area contributed by atoms with Gasteiger partial charge >= 0.3 is 6.03 Å². The molecule has 10 heteroatoms. The van der Waals surface area contributed by atoms with Gasteiger partial charge in [0.25, 0.3) is 0 Å². The van der Waals surface area contributed by atoms with Gasteiger partial charge in [-0.05, 0) is 73.6 Å². The highest BCUT2D eigenvalue weighted by Gasteiger charge is 2.18. The third-order valence-corrected chi connectivity index (χ3v) is 6.69. The van der Waals surface area contributed by atoms with Gasteiger partial charge in [0, 0.05) is 18.7 Å². The number of nitrogen functional groups attached to an aromatic ring is 1. The zero-order valence-electron chi connectivity index (χ0n) is 21.7. The van der Waals surface area contributed by atoms with Gasteiger partial charge in [0.05, 0.1) is 0 Å². The van der Waals surface area contributed by atoms with Crippen LogP contribution in [-0.2, 0) is 6.54 Å². The van der Waals surface area contributed by atoms with E-state index in [4.69, 9.17) is 23.1 Å². The Labute approximate surface area is 233 Å². The average molecular weight is 546 g/mol. The van der Waals surface area contributed by atoms with E-state index in [2.05, 4.69) is 37.3 Å². The number of benzene rings is 2. The van der Waals surface area contributed by atoms with Crippen LogP contribution >= 0.6 is 11.6 Å². The number of rotatable bonds is 9. The topological polar surface area (TPSA) is 139 Å². The summed E-state index contributed by atoms with van der Waals surface area (Å²) < 4.78 is 0. The minimum atomic E-state index is -0.615. The second kappa shape index (κ2) is 13.6. The lowest BCUT2D eigenvalue weighted by atomic mass is 10.0. The van der Waals surface area contributed by atoms with Gasteiger partial charge in [-0.25, -0.2) is 9.78 Å². The van der Waals surface area contributed by atoms with Crippen molar-refractivity contribution in [2.75, 3.05) is 36.0 Å². The third kappa shape index (κ3) is 8.18. The Hall–Kier alpha value is -4.13. The van der Waals surface area contributed by atoms with Crippen LogP contribution in [0.1, 0.15) is 48.0 Å². The zero-order chi connectivity index (χ0) is 27.6. The Bertz CT molecular complexity index is 1380. The number of aromatic nitrogens is 2. The average Bonchev–Trinajstić information content (AvgIpc) is 2.92. The van der Waals surface area contributed by atoms with Crippen LogP contribution in [0.15, 0.2) is 48.5 Å². The maximum Gasteiger partial charge on any atom is 0.316 e. The molecule has 0 unspecified atom stereocenters. The van der Waals surface area contributed by atoms with E-state index in [1.165, 1.54) is 19.3 Å². The summed E-state index contributed by atoms with van der Waals surface area (Å²) in [6.07, 6.45) is 5.36. The molecular weight excluding hydrogens is 514 g/mol. The molecule has 2 aromatic carbocycles. The second-order valence-corrected chi connectivity index (χ2v) is 9.71. The Morgan fingerprint density at radius 2 is 1.79 bits per heavy atom. The fourth-order valence-electron chi connectivity index (χ4n) is 4.48. The molecule has 0 saturated carbocycles. The lowest BCUT2D eigenvalue weighted by Gasteiger charge is -2.25. The molecule has 3 aromatic rings. The largest absolute Gasteiger partial charge is 0.368 e. The van der Waals surface area contributed by atoms with Gasteiger partial charge in [0.15, 0.2) is 0 Å². The van der Waals surface area contributed by atoms with Crippen molar-refractivity contribution in [1.82, 2.24) is 14.9 Å². The third-order valence-electron chi connectivity index (χ3n) is 6.41. The summed E-state index contributed by atoms with van der Waals surface area (Å²) in [5, 5.41) is 5.70. The molecule has 1 saturated heterocycles. The number of piperidine rings is 1. The molecule has 1 aliphatic rings. The molecule has 2 heterocycles. The van der Waals surface area contributed by atoms with Crippen LogP contribution in [0.5, 0.6) is 0 Å². The van der Waals surface area contributed by atoms with E-state index in [0.29, 0.717) is 18.7 Å². The van der Waals surface area contributed by atoms with E-state index in [9.17, 15) is 9.59 Å². The molecule has 1 fully saturated rings. The molecule has 0 aliphatic carbocycles. The van der Waals surface area contributed by atoms with Gasteiger partial charge in [-0.15, -0.1) is 0 Å². The number of Topliss-reactive ketones (excluding diaryl/α,β-unsaturated/α-hetero) is 1. The summed E-state index contributed by atoms with van der Waals surface area (Å²) in [5.74, 6) is 5.43. The number of unbranched alkanes of at least 4 members (excludes halogenated alkanes) is 1. The molecule has 2 amide bonds. The number of nitrogens with two attached hydrogens (primary N) is 2. The van der Waals surface area contributed by atoms with Crippen molar-refractivity contribution in [2.24, 2.45) is 5.73 Å². The molecule has 4 rings (SSSR count). The summed E-state index contributed by atoms with van der Waals surface area (Å²) in [6.45, 7) is 3.66. The van der Waals surface area contributed by atoms with Crippen molar-refractivity contribution in [3.8, 4) is 23.0 Å². The van der Waals surface area contributed by atoms with Crippen molar-refractivity contribution in [1.29, 1.82) is 0 Å². The fraction of sp³-hybridized carbons (Fsp3) is 0.310. The minimum absolute atomic E-state index is 0.0302. The van der Waals surface area contributed by atoms with Crippen molar-refractivity contribution >= 4 is 40.9 Å². The number of halogens is 1. The molecule has 6 N–H and O–H groups in total. The monoisotopic (exact) mass is 545 g/mol. The first kappa shape index (κ1) is 27.9. The van der Waals surface area contributed by atoms with Crippen molar-refractivity contribution in [2.45, 2.75) is 38.6 Å². The van der Waals surface area contributed by atoms with Crippen LogP contribution < -0.4 is 22.1 Å². The number of anilines is 3. The van der Waals surface area contributed by atoms with Crippen LogP contribution in [0.2, 0.25) is 5.15 Å². The summed E-state index contributed by atoms with van der Waals surface area (Å²) in [4.78, 5) is 34.6. The lowest BCUT2D eigenvalue weighted by molar-refractivity contribution is 0.105. The molecule has 0 radical (unpaired) electrons. The summed E-state index contributed by atoms with van der Waals surface area (Å²) >= 11 is 6.29. The van der Waals surface area contributed by atoms with Gasteiger partial charge in [0.1, 0.15) is 16.5 Å². The number of carbonyl (C=O) groups excluding carboxylic acids is 2. The minimum Gasteiger partial charge on any atom is -0.368 e. The first-order valence-electron chi connectivity index (χ1n) is 13.0. The number of nitrogens with zero attached hydrogens (tertiary/aromatic N) is 3. The highest BCUT2D eigenvalue weighted by atomic mass is 35.5. The van der Waals surface area contributed by atoms with Crippen LogP contribution in [-0.4, -0.2) is 46.3 Å². The Balaban J connectivity index is 1.39. The molecule has 1 aliphatic heterocycles. The van der Waals surface area contributed by atoms with Gasteiger partial charge < -0.3 is 27.0 Å². The highest BCUT2D eigenvalue weighted by Crippen LogP contribution is 2.25. The molecular formula is C29H32ClN7O2. The van der Waals surface area contributed by atoms with E-state index in [1.807, 2.05) is 42.5 Å². The van der Waals surface area contributed by atoms with Crippen molar-refractivity contribution in [3.63, 3.8) is 0 Å². The first-order chi connectivity index (χ1) is 18.9. The summed E-state index contributed by atoms with van der Waals surface area (Å²) in [7, 11) is 0. The zero-order valence-corrected chi connectivity index (χ0v) is 22.4. The number of urea groups is 1. The number of primary amides is 1. The SMILES string of the molecule is NC(=O)Nc1cccc(-c2ccc(CNc3nc(N)nc(Cl)c3C(=O)C#CCCCN3CCCCC3)cc2)c1. The van der Waals surface area contributed by atoms with E-state index in [1.54, 1.807) is 6.07 Å². The molecule has 0 bridgehead atoms. The van der Waals surface area contributed by atoms with Gasteiger partial charge in [-0.3, -0.25) is 4.79 Å². The number of ketones is 1. The number of nitrogens with one attached hydrogen (secondary N) is 2. The number of hydrogen-bond donors (Lipinski definition) is 4. The Kier molecular flexibility index (Phi) is 9.73.